The Hall–Kier alpha value is -4.69. The minimum absolute atomic E-state index is 0.0582. The third-order valence-corrected chi connectivity index (χ3v) is 7.58. The number of methoxy groups -OCH3 is 1. The summed E-state index contributed by atoms with van der Waals surface area (Å²) in [5, 5.41) is 6.22. The van der Waals surface area contributed by atoms with Gasteiger partial charge in [0.1, 0.15) is 29.0 Å². The summed E-state index contributed by atoms with van der Waals surface area (Å²) in [6.45, 7) is 6.00. The SMILES string of the molecule is COC(=O)[C@H](CCC(N)=O)NC(=O)c1c(F)cc(OCCCC2CCN(c3ncc(-c4noc(CC(C)C)n4)cn3)CC2)cc1F. The summed E-state index contributed by atoms with van der Waals surface area (Å²) in [5.74, 6) is -2.54. The number of esters is 1. The van der Waals surface area contributed by atoms with Crippen LogP contribution < -0.4 is 20.7 Å². The van der Waals surface area contributed by atoms with E-state index in [1.54, 1.807) is 12.4 Å². The molecule has 13 nitrogen and oxygen atoms in total. The Kier molecular flexibility index (Phi) is 11.9. The zero-order valence-electron chi connectivity index (χ0n) is 26.1. The number of rotatable bonds is 15. The van der Waals surface area contributed by atoms with Crippen LogP contribution in [0.3, 0.4) is 0 Å². The normalized spacial score (nSPS) is 14.3. The van der Waals surface area contributed by atoms with E-state index >= 15 is 0 Å². The van der Waals surface area contributed by atoms with Gasteiger partial charge in [0.2, 0.25) is 23.6 Å². The van der Waals surface area contributed by atoms with Crippen molar-refractivity contribution in [1.29, 1.82) is 0 Å². The number of nitrogens with one attached hydrogen (secondary N) is 1. The highest BCUT2D eigenvalue weighted by Gasteiger charge is 2.27. The Balaban J connectivity index is 1.21. The Morgan fingerprint density at radius 1 is 1.13 bits per heavy atom. The first-order valence-corrected chi connectivity index (χ1v) is 15.2. The summed E-state index contributed by atoms with van der Waals surface area (Å²) in [4.78, 5) is 51.1. The number of carbonyl (C=O) groups excluding carboxylic acids is 3. The minimum atomic E-state index is -1.30. The van der Waals surface area contributed by atoms with Crippen molar-refractivity contribution in [3.8, 4) is 17.1 Å². The Labute approximate surface area is 265 Å². The van der Waals surface area contributed by atoms with E-state index in [-0.39, 0.29) is 25.2 Å². The third-order valence-electron chi connectivity index (χ3n) is 7.58. The molecule has 0 bridgehead atoms. The number of hydrogen-bond donors (Lipinski definition) is 2. The molecule has 0 aliphatic carbocycles. The average molecular weight is 644 g/mol. The summed E-state index contributed by atoms with van der Waals surface area (Å²) >= 11 is 0. The van der Waals surface area contributed by atoms with Crippen LogP contribution in [0.4, 0.5) is 14.7 Å². The number of carbonyl (C=O) groups is 3. The molecule has 0 unspecified atom stereocenters. The van der Waals surface area contributed by atoms with Crippen LogP contribution >= 0.6 is 0 Å². The maximum absolute atomic E-state index is 14.7. The van der Waals surface area contributed by atoms with E-state index in [0.717, 1.165) is 51.6 Å². The number of anilines is 1. The molecular weight excluding hydrogens is 604 g/mol. The fourth-order valence-electron chi connectivity index (χ4n) is 5.15. The van der Waals surface area contributed by atoms with E-state index < -0.39 is 41.0 Å². The molecule has 15 heteroatoms. The molecule has 1 aliphatic heterocycles. The molecule has 4 rings (SSSR count). The fourth-order valence-corrected chi connectivity index (χ4v) is 5.15. The van der Waals surface area contributed by atoms with Gasteiger partial charge in [0.05, 0.1) is 19.3 Å². The summed E-state index contributed by atoms with van der Waals surface area (Å²) in [7, 11) is 1.08. The smallest absolute Gasteiger partial charge is 0.328 e. The van der Waals surface area contributed by atoms with Gasteiger partial charge in [-0.3, -0.25) is 9.59 Å². The van der Waals surface area contributed by atoms with E-state index in [9.17, 15) is 23.2 Å². The lowest BCUT2D eigenvalue weighted by molar-refractivity contribution is -0.143. The van der Waals surface area contributed by atoms with Crippen molar-refractivity contribution in [3.05, 3.63) is 47.6 Å². The predicted molar refractivity (Wildman–Crippen MR) is 162 cm³/mol. The van der Waals surface area contributed by atoms with Crippen molar-refractivity contribution in [2.24, 2.45) is 17.6 Å². The Bertz CT molecular complexity index is 1470. The largest absolute Gasteiger partial charge is 0.493 e. The molecule has 3 heterocycles. The maximum atomic E-state index is 14.7. The molecule has 46 heavy (non-hydrogen) atoms. The zero-order valence-corrected chi connectivity index (χ0v) is 26.1. The van der Waals surface area contributed by atoms with E-state index in [4.69, 9.17) is 15.0 Å². The maximum Gasteiger partial charge on any atom is 0.328 e. The third kappa shape index (κ3) is 9.41. The lowest BCUT2D eigenvalue weighted by Gasteiger charge is -2.32. The number of piperidine rings is 1. The lowest BCUT2D eigenvalue weighted by atomic mass is 9.92. The number of halogens is 2. The standard InChI is InChI=1S/C31H39F2N7O6/c1-18(2)13-26-38-28(39-46-26)20-16-35-31(36-17-20)40-10-8-19(9-11-40)5-4-12-45-21-14-22(32)27(23(33)15-21)29(42)37-24(30(43)44-3)6-7-25(34)41/h14-19,24H,4-13H2,1-3H3,(H2,34,41)(H,37,42)/t24-/m0/s1. The van der Waals surface area contributed by atoms with Gasteiger partial charge in [-0.1, -0.05) is 19.0 Å². The molecular formula is C31H39F2N7O6. The van der Waals surface area contributed by atoms with Crippen LogP contribution in [0.2, 0.25) is 0 Å². The fraction of sp³-hybridized carbons (Fsp3) is 0.516. The zero-order chi connectivity index (χ0) is 33.2. The van der Waals surface area contributed by atoms with Crippen molar-refractivity contribution in [2.45, 2.75) is 64.8 Å². The molecule has 1 aromatic carbocycles. The molecule has 248 valence electrons. The van der Waals surface area contributed by atoms with Crippen LogP contribution in [0.5, 0.6) is 5.75 Å². The highest BCUT2D eigenvalue weighted by atomic mass is 19.1. The van der Waals surface area contributed by atoms with E-state index in [0.29, 0.717) is 47.9 Å². The van der Waals surface area contributed by atoms with Gasteiger partial charge in [-0.15, -0.1) is 0 Å². The number of primary amides is 1. The first kappa shape index (κ1) is 34.2. The van der Waals surface area contributed by atoms with Crippen LogP contribution in [-0.4, -0.2) is 70.7 Å². The first-order valence-electron chi connectivity index (χ1n) is 15.2. The second-order valence-corrected chi connectivity index (χ2v) is 11.6. The van der Waals surface area contributed by atoms with E-state index in [2.05, 4.69) is 48.9 Å². The number of hydrogen-bond acceptors (Lipinski definition) is 11. The van der Waals surface area contributed by atoms with Crippen molar-refractivity contribution < 1.29 is 37.2 Å². The summed E-state index contributed by atoms with van der Waals surface area (Å²) in [5.41, 5.74) is 4.90. The number of nitrogens with zero attached hydrogens (tertiary/aromatic N) is 5. The molecule has 1 atom stereocenters. The molecule has 1 saturated heterocycles. The van der Waals surface area contributed by atoms with Crippen molar-refractivity contribution in [1.82, 2.24) is 25.4 Å². The second-order valence-electron chi connectivity index (χ2n) is 11.6. The lowest BCUT2D eigenvalue weighted by Crippen LogP contribution is -2.42. The van der Waals surface area contributed by atoms with Gasteiger partial charge in [-0.25, -0.2) is 23.5 Å². The second kappa shape index (κ2) is 16.0. The number of aromatic nitrogens is 4. The van der Waals surface area contributed by atoms with Crippen molar-refractivity contribution in [2.75, 3.05) is 31.7 Å². The van der Waals surface area contributed by atoms with Gasteiger partial charge in [-0.05, 0) is 43.9 Å². The molecule has 0 spiro atoms. The molecule has 3 aromatic rings. The van der Waals surface area contributed by atoms with Gasteiger partial charge in [-0.2, -0.15) is 4.98 Å². The number of amides is 2. The molecule has 0 saturated carbocycles. The van der Waals surface area contributed by atoms with Gasteiger partial charge in [0, 0.05) is 50.5 Å². The van der Waals surface area contributed by atoms with Crippen molar-refractivity contribution in [3.63, 3.8) is 0 Å². The van der Waals surface area contributed by atoms with Crippen LogP contribution in [0, 0.1) is 23.5 Å². The molecule has 2 amide bonds. The van der Waals surface area contributed by atoms with Crippen LogP contribution in [0.15, 0.2) is 29.0 Å². The summed E-state index contributed by atoms with van der Waals surface area (Å²) < 4.78 is 44.9. The minimum Gasteiger partial charge on any atom is -0.493 e. The summed E-state index contributed by atoms with van der Waals surface area (Å²) in [6.07, 6.45) is 7.12. The van der Waals surface area contributed by atoms with Crippen LogP contribution in [0.25, 0.3) is 11.4 Å². The molecule has 2 aromatic heterocycles. The van der Waals surface area contributed by atoms with Crippen LogP contribution in [-0.2, 0) is 20.7 Å². The predicted octanol–water partition coefficient (Wildman–Crippen LogP) is 3.62. The van der Waals surface area contributed by atoms with Gasteiger partial charge in [0.25, 0.3) is 5.91 Å². The average Bonchev–Trinajstić information content (AvgIpc) is 3.48. The molecule has 1 aliphatic rings. The summed E-state index contributed by atoms with van der Waals surface area (Å²) in [6, 6.07) is 0.536. The van der Waals surface area contributed by atoms with Gasteiger partial charge in [0.15, 0.2) is 0 Å². The highest BCUT2D eigenvalue weighted by molar-refractivity contribution is 5.97. The van der Waals surface area contributed by atoms with Crippen LogP contribution in [0.1, 0.15) is 68.6 Å². The highest BCUT2D eigenvalue weighted by Crippen LogP contribution is 2.26. The van der Waals surface area contributed by atoms with Gasteiger partial charge < -0.3 is 29.9 Å². The molecule has 1 fully saturated rings. The first-order chi connectivity index (χ1) is 22.0. The molecule has 0 radical (unpaired) electrons. The topological polar surface area (TPSA) is 176 Å². The Morgan fingerprint density at radius 3 is 2.41 bits per heavy atom. The number of nitrogens with two attached hydrogens (primary N) is 1. The molecule has 3 N–H and O–H groups in total. The van der Waals surface area contributed by atoms with Gasteiger partial charge >= 0.3 is 5.97 Å². The number of benzene rings is 1. The van der Waals surface area contributed by atoms with Crippen molar-refractivity contribution >= 4 is 23.7 Å². The Morgan fingerprint density at radius 2 is 1.80 bits per heavy atom. The number of ether oxygens (including phenoxy) is 2. The van der Waals surface area contributed by atoms with E-state index in [1.165, 1.54) is 0 Å². The van der Waals surface area contributed by atoms with E-state index in [1.807, 2.05) is 0 Å². The quantitative estimate of drug-likeness (QED) is 0.183. The monoisotopic (exact) mass is 643 g/mol.